The van der Waals surface area contributed by atoms with Gasteiger partial charge in [-0.1, -0.05) is 49.7 Å². The number of hydrogen-bond donors (Lipinski definition) is 1. The molecular formula is C31H33ClN2O4S2. The Bertz CT molecular complexity index is 1520. The Morgan fingerprint density at radius 1 is 0.975 bits per heavy atom. The summed E-state index contributed by atoms with van der Waals surface area (Å²) in [5, 5.41) is 4.51. The highest BCUT2D eigenvalue weighted by atomic mass is 35.5. The highest BCUT2D eigenvalue weighted by molar-refractivity contribution is 7.89. The van der Waals surface area contributed by atoms with E-state index in [1.165, 1.54) is 0 Å². The fourth-order valence-corrected chi connectivity index (χ4v) is 6.18. The highest BCUT2D eigenvalue weighted by Crippen LogP contribution is 2.30. The van der Waals surface area contributed by atoms with Crippen LogP contribution in [0, 0.1) is 0 Å². The third-order valence-electron chi connectivity index (χ3n) is 6.25. The monoisotopic (exact) mass is 596 g/mol. The minimum absolute atomic E-state index is 0.0552. The van der Waals surface area contributed by atoms with Crippen molar-refractivity contribution < 1.29 is 17.9 Å². The topological polar surface area (TPSA) is 75.7 Å². The summed E-state index contributed by atoms with van der Waals surface area (Å²) in [6.07, 6.45) is 1.84. The number of carbonyl (C=O) groups is 1. The number of nitrogens with one attached hydrogen (secondary N) is 1. The molecule has 0 saturated heterocycles. The molecule has 1 N–H and O–H groups in total. The van der Waals surface area contributed by atoms with Crippen molar-refractivity contribution in [2.45, 2.75) is 44.6 Å². The number of thiophene rings is 1. The Morgan fingerprint density at radius 3 is 2.48 bits per heavy atom. The molecule has 0 bridgehead atoms. The predicted molar refractivity (Wildman–Crippen MR) is 164 cm³/mol. The number of hydrogen-bond acceptors (Lipinski definition) is 5. The van der Waals surface area contributed by atoms with E-state index in [0.717, 1.165) is 34.4 Å². The molecule has 0 atom stereocenters. The quantitative estimate of drug-likeness (QED) is 0.175. The number of sulfonamides is 1. The molecule has 0 fully saturated rings. The SMILES string of the molecule is CCCNS(=O)(=O)c1ccc(-c2cccc(N(Cc3cc(Cl)ccc3OCCC)C(=O)Cc3ccsc3)c2)cc1. The van der Waals surface area contributed by atoms with Crippen LogP contribution in [-0.4, -0.2) is 27.5 Å². The third-order valence-corrected chi connectivity index (χ3v) is 8.69. The molecule has 4 rings (SSSR count). The average molecular weight is 597 g/mol. The van der Waals surface area contributed by atoms with Gasteiger partial charge in [0, 0.05) is 22.8 Å². The van der Waals surface area contributed by atoms with Gasteiger partial charge in [-0.2, -0.15) is 11.3 Å². The molecule has 0 unspecified atom stereocenters. The Morgan fingerprint density at radius 2 is 1.77 bits per heavy atom. The lowest BCUT2D eigenvalue weighted by molar-refractivity contribution is -0.118. The molecule has 0 radical (unpaired) electrons. The molecule has 0 aliphatic carbocycles. The largest absolute Gasteiger partial charge is 0.493 e. The van der Waals surface area contributed by atoms with Crippen LogP contribution in [0.15, 0.2) is 88.5 Å². The maximum absolute atomic E-state index is 13.7. The fraction of sp³-hybridized carbons (Fsp3) is 0.258. The molecule has 0 spiro atoms. The zero-order valence-corrected chi connectivity index (χ0v) is 25.0. The van der Waals surface area contributed by atoms with Crippen LogP contribution in [0.4, 0.5) is 5.69 Å². The Hall–Kier alpha value is -3.17. The summed E-state index contributed by atoms with van der Waals surface area (Å²) in [5.41, 5.74) is 4.21. The van der Waals surface area contributed by atoms with Crippen LogP contribution in [0.1, 0.15) is 37.8 Å². The van der Waals surface area contributed by atoms with Crippen molar-refractivity contribution >= 4 is 44.6 Å². The van der Waals surface area contributed by atoms with E-state index >= 15 is 0 Å². The first kappa shape index (κ1) is 29.8. The summed E-state index contributed by atoms with van der Waals surface area (Å²) in [4.78, 5) is 15.7. The average Bonchev–Trinajstić information content (AvgIpc) is 3.47. The highest BCUT2D eigenvalue weighted by Gasteiger charge is 2.20. The van der Waals surface area contributed by atoms with Crippen LogP contribution >= 0.6 is 22.9 Å². The van der Waals surface area contributed by atoms with E-state index in [-0.39, 0.29) is 23.8 Å². The second kappa shape index (κ2) is 13.9. The number of benzene rings is 3. The van der Waals surface area contributed by atoms with Crippen LogP contribution in [0.3, 0.4) is 0 Å². The second-order valence-electron chi connectivity index (χ2n) is 9.36. The van der Waals surface area contributed by atoms with Crippen molar-refractivity contribution in [2.24, 2.45) is 0 Å². The van der Waals surface area contributed by atoms with Crippen molar-refractivity contribution in [3.63, 3.8) is 0 Å². The smallest absolute Gasteiger partial charge is 0.240 e. The summed E-state index contributed by atoms with van der Waals surface area (Å²) in [5.74, 6) is 0.643. The molecule has 0 aliphatic rings. The first-order valence-electron chi connectivity index (χ1n) is 13.2. The van der Waals surface area contributed by atoms with Gasteiger partial charge in [0.2, 0.25) is 15.9 Å². The van der Waals surface area contributed by atoms with Crippen LogP contribution in [0.5, 0.6) is 5.75 Å². The molecule has 4 aromatic rings. The predicted octanol–water partition coefficient (Wildman–Crippen LogP) is 7.32. The van der Waals surface area contributed by atoms with Crippen molar-refractivity contribution in [1.82, 2.24) is 4.72 Å². The molecule has 1 amide bonds. The number of carbonyl (C=O) groups excluding carboxylic acids is 1. The van der Waals surface area contributed by atoms with E-state index < -0.39 is 10.0 Å². The summed E-state index contributed by atoms with van der Waals surface area (Å²) in [6.45, 7) is 5.19. The molecule has 40 heavy (non-hydrogen) atoms. The number of nitrogens with zero attached hydrogens (tertiary/aromatic N) is 1. The van der Waals surface area contributed by atoms with E-state index in [2.05, 4.69) is 4.72 Å². The van der Waals surface area contributed by atoms with E-state index in [4.69, 9.17) is 16.3 Å². The van der Waals surface area contributed by atoms with Crippen LogP contribution in [0.25, 0.3) is 11.1 Å². The summed E-state index contributed by atoms with van der Waals surface area (Å²) >= 11 is 7.91. The Labute approximate surface area is 245 Å². The zero-order chi connectivity index (χ0) is 28.5. The van der Waals surface area contributed by atoms with Gasteiger partial charge in [0.1, 0.15) is 5.75 Å². The van der Waals surface area contributed by atoms with Crippen molar-refractivity contribution in [3.05, 3.63) is 99.7 Å². The fourth-order valence-electron chi connectivity index (χ4n) is 4.18. The molecule has 3 aromatic carbocycles. The van der Waals surface area contributed by atoms with Crippen molar-refractivity contribution in [3.8, 4) is 16.9 Å². The van der Waals surface area contributed by atoms with Gasteiger partial charge in [-0.25, -0.2) is 13.1 Å². The minimum Gasteiger partial charge on any atom is -0.493 e. The van der Waals surface area contributed by atoms with E-state index in [1.807, 2.05) is 67.1 Å². The van der Waals surface area contributed by atoms with Gasteiger partial charge in [0.25, 0.3) is 0 Å². The van der Waals surface area contributed by atoms with Crippen LogP contribution in [0.2, 0.25) is 5.02 Å². The van der Waals surface area contributed by atoms with Gasteiger partial charge >= 0.3 is 0 Å². The summed E-state index contributed by atoms with van der Waals surface area (Å²) in [6, 6.07) is 21.9. The Balaban J connectivity index is 1.67. The van der Waals surface area contributed by atoms with Gasteiger partial charge in [-0.3, -0.25) is 4.79 Å². The van der Waals surface area contributed by atoms with Crippen LogP contribution < -0.4 is 14.4 Å². The first-order chi connectivity index (χ1) is 19.3. The third kappa shape index (κ3) is 7.73. The lowest BCUT2D eigenvalue weighted by Crippen LogP contribution is -2.32. The molecule has 9 heteroatoms. The number of amides is 1. The van der Waals surface area contributed by atoms with E-state index in [0.29, 0.717) is 30.3 Å². The maximum atomic E-state index is 13.7. The molecule has 210 valence electrons. The van der Waals surface area contributed by atoms with Crippen LogP contribution in [-0.2, 0) is 27.8 Å². The summed E-state index contributed by atoms with van der Waals surface area (Å²) in [7, 11) is -3.55. The second-order valence-corrected chi connectivity index (χ2v) is 12.3. The normalized spacial score (nSPS) is 11.4. The zero-order valence-electron chi connectivity index (χ0n) is 22.6. The van der Waals surface area contributed by atoms with Crippen molar-refractivity contribution in [2.75, 3.05) is 18.1 Å². The Kier molecular flexibility index (Phi) is 10.4. The van der Waals surface area contributed by atoms with Crippen molar-refractivity contribution in [1.29, 1.82) is 0 Å². The maximum Gasteiger partial charge on any atom is 0.240 e. The van der Waals surface area contributed by atoms with Gasteiger partial charge < -0.3 is 9.64 Å². The standard InChI is InChI=1S/C31H33ClN2O4S2/c1-3-15-33-40(36,37)29-11-8-24(9-12-29)25-6-5-7-28(20-25)34(31(35)18-23-14-17-39-22-23)21-26-19-27(32)10-13-30(26)38-16-4-2/h5-14,17,19-20,22,33H,3-4,15-16,18,21H2,1-2H3. The van der Waals surface area contributed by atoms with Gasteiger partial charge in [0.05, 0.1) is 24.5 Å². The lowest BCUT2D eigenvalue weighted by atomic mass is 10.0. The molecule has 1 aromatic heterocycles. The molecular weight excluding hydrogens is 564 g/mol. The number of anilines is 1. The number of rotatable bonds is 13. The van der Waals surface area contributed by atoms with Gasteiger partial charge in [0.15, 0.2) is 0 Å². The van der Waals surface area contributed by atoms with Gasteiger partial charge in [-0.15, -0.1) is 0 Å². The summed E-state index contributed by atoms with van der Waals surface area (Å²) < 4.78 is 33.6. The molecule has 1 heterocycles. The lowest BCUT2D eigenvalue weighted by Gasteiger charge is -2.25. The first-order valence-corrected chi connectivity index (χ1v) is 16.0. The molecule has 0 aliphatic heterocycles. The van der Waals surface area contributed by atoms with E-state index in [9.17, 15) is 13.2 Å². The molecule has 6 nitrogen and oxygen atoms in total. The number of halogens is 1. The minimum atomic E-state index is -3.55. The molecule has 0 saturated carbocycles. The number of ether oxygens (including phenoxy) is 1. The van der Waals surface area contributed by atoms with E-state index in [1.54, 1.807) is 46.6 Å². The van der Waals surface area contributed by atoms with Gasteiger partial charge in [-0.05, 0) is 88.8 Å².